The second-order valence-electron chi connectivity index (χ2n) is 9.23. The predicted octanol–water partition coefficient (Wildman–Crippen LogP) is 8.05. The van der Waals surface area contributed by atoms with Gasteiger partial charge >= 0.3 is 24.6 Å². The van der Waals surface area contributed by atoms with Gasteiger partial charge in [0.2, 0.25) is 0 Å². The Bertz CT molecular complexity index is 1140. The average molecular weight is 586 g/mol. The fourth-order valence-electron chi connectivity index (χ4n) is 4.26. The Kier molecular flexibility index (Phi) is 9.53. The summed E-state index contributed by atoms with van der Waals surface area (Å²) in [5, 5.41) is 2.85. The number of nitrogens with zero attached hydrogens (tertiary/aromatic N) is 1. The molecule has 14 heteroatoms. The first-order valence-corrected chi connectivity index (χ1v) is 12.3. The maximum Gasteiger partial charge on any atom is 0.416 e. The molecule has 222 valence electrons. The number of carbonyl (C=O) groups excluding carboxylic acids is 1. The molecule has 2 unspecified atom stereocenters. The van der Waals surface area contributed by atoms with Gasteiger partial charge in [-0.15, -0.1) is 0 Å². The van der Waals surface area contributed by atoms with Gasteiger partial charge in [0.05, 0.1) is 29.3 Å². The second-order valence-corrected chi connectivity index (χ2v) is 9.23. The molecule has 2 atom stereocenters. The van der Waals surface area contributed by atoms with Crippen LogP contribution in [0.4, 0.5) is 50.0 Å². The number of rotatable bonds is 5. The van der Waals surface area contributed by atoms with E-state index in [-0.39, 0.29) is 17.3 Å². The van der Waals surface area contributed by atoms with Gasteiger partial charge in [0.25, 0.3) is 0 Å². The lowest BCUT2D eigenvalue weighted by Crippen LogP contribution is -2.32. The molecule has 5 nitrogen and oxygen atoms in total. The van der Waals surface area contributed by atoms with Crippen LogP contribution in [0.1, 0.15) is 60.6 Å². The summed E-state index contributed by atoms with van der Waals surface area (Å²) >= 11 is 0. The zero-order valence-electron chi connectivity index (χ0n) is 21.4. The summed E-state index contributed by atoms with van der Waals surface area (Å²) in [5.41, 5.74) is -4.34. The molecule has 1 N–H and O–H groups in total. The highest BCUT2D eigenvalue weighted by Gasteiger charge is 2.43. The lowest BCUT2D eigenvalue weighted by atomic mass is 9.97. The van der Waals surface area contributed by atoms with E-state index in [1.165, 1.54) is 25.8 Å². The van der Waals surface area contributed by atoms with Gasteiger partial charge in [-0.1, -0.05) is 0 Å². The molecule has 2 saturated heterocycles. The minimum absolute atomic E-state index is 0.0474. The zero-order valence-corrected chi connectivity index (χ0v) is 21.4. The Balaban J connectivity index is 0.000000792. The SMILES string of the molecule is C1CCOC1.CCNc1ccc(C(F)(F)F)cc1CN1C(=O)OC(c2cc(C(F)(F)F)cc(C(F)(F)F)c2)C1C. The number of cyclic esters (lactones) is 1. The van der Waals surface area contributed by atoms with Crippen LogP contribution in [0.25, 0.3) is 0 Å². The number of alkyl halides is 9. The van der Waals surface area contributed by atoms with E-state index in [9.17, 15) is 44.3 Å². The molecule has 0 aliphatic carbocycles. The van der Waals surface area contributed by atoms with Gasteiger partial charge in [-0.25, -0.2) is 4.79 Å². The molecule has 2 aromatic carbocycles. The quantitative estimate of drug-likeness (QED) is 0.360. The Morgan fingerprint density at radius 1 is 0.850 bits per heavy atom. The third-order valence-electron chi connectivity index (χ3n) is 6.30. The maximum atomic E-state index is 13.2. The Morgan fingerprint density at radius 3 is 1.85 bits per heavy atom. The van der Waals surface area contributed by atoms with Crippen molar-refractivity contribution in [3.63, 3.8) is 0 Å². The van der Waals surface area contributed by atoms with Crippen LogP contribution in [0.5, 0.6) is 0 Å². The van der Waals surface area contributed by atoms with Gasteiger partial charge in [-0.3, -0.25) is 4.90 Å². The number of hydrogen-bond donors (Lipinski definition) is 1. The van der Waals surface area contributed by atoms with Crippen LogP contribution in [0, 0.1) is 0 Å². The topological polar surface area (TPSA) is 50.8 Å². The Hall–Kier alpha value is -3.16. The molecule has 40 heavy (non-hydrogen) atoms. The largest absolute Gasteiger partial charge is 0.439 e. The van der Waals surface area contributed by atoms with E-state index in [0.29, 0.717) is 18.7 Å². The minimum atomic E-state index is -5.10. The minimum Gasteiger partial charge on any atom is -0.439 e. The molecule has 0 radical (unpaired) electrons. The third-order valence-corrected chi connectivity index (χ3v) is 6.30. The third kappa shape index (κ3) is 7.73. The molecule has 0 spiro atoms. The number of anilines is 1. The number of nitrogens with one attached hydrogen (secondary N) is 1. The summed E-state index contributed by atoms with van der Waals surface area (Å²) in [6.07, 6.45) is -14.9. The highest BCUT2D eigenvalue weighted by Crippen LogP contribution is 2.41. The van der Waals surface area contributed by atoms with Gasteiger partial charge in [0, 0.05) is 25.4 Å². The van der Waals surface area contributed by atoms with Crippen molar-refractivity contribution in [3.05, 3.63) is 64.2 Å². The molecular formula is C26H27F9N2O3. The van der Waals surface area contributed by atoms with Gasteiger partial charge in [-0.05, 0) is 74.2 Å². The number of ether oxygens (including phenoxy) is 2. The van der Waals surface area contributed by atoms with Crippen molar-refractivity contribution < 1.29 is 53.8 Å². The summed E-state index contributed by atoms with van der Waals surface area (Å²) in [5.74, 6) is 0. The number of carbonyl (C=O) groups is 1. The van der Waals surface area contributed by atoms with Gasteiger partial charge < -0.3 is 14.8 Å². The first-order valence-electron chi connectivity index (χ1n) is 12.3. The fourth-order valence-corrected chi connectivity index (χ4v) is 4.26. The van der Waals surface area contributed by atoms with Crippen molar-refractivity contribution in [2.24, 2.45) is 0 Å². The molecule has 2 fully saturated rings. The van der Waals surface area contributed by atoms with E-state index in [1.54, 1.807) is 6.92 Å². The number of amides is 1. The highest BCUT2D eigenvalue weighted by atomic mass is 19.4. The Labute approximate surface area is 224 Å². The molecule has 2 aliphatic rings. The van der Waals surface area contributed by atoms with Gasteiger partial charge in [-0.2, -0.15) is 39.5 Å². The molecule has 2 aromatic rings. The average Bonchev–Trinajstić information content (AvgIpc) is 3.52. The summed E-state index contributed by atoms with van der Waals surface area (Å²) in [6.45, 7) is 4.93. The standard InChI is InChI=1S/C22H19F9N2O2.C4H8O/c1-3-32-17-5-4-14(20(23,24)25)8-13(17)10-33-11(2)18(35-19(33)34)12-6-15(21(26,27)28)9-16(7-12)22(29,30)31;1-2-4-5-3-1/h4-9,11,18,32H,3,10H2,1-2H3;1-4H2. The maximum absolute atomic E-state index is 13.2. The number of halogens is 9. The van der Waals surface area contributed by atoms with Gasteiger partial charge in [0.15, 0.2) is 0 Å². The smallest absolute Gasteiger partial charge is 0.416 e. The summed E-state index contributed by atoms with van der Waals surface area (Å²) < 4.78 is 129. The fraction of sp³-hybridized carbons (Fsp3) is 0.500. The van der Waals surface area contributed by atoms with Gasteiger partial charge in [0.1, 0.15) is 6.10 Å². The van der Waals surface area contributed by atoms with Crippen molar-refractivity contribution in [1.29, 1.82) is 0 Å². The molecule has 0 aromatic heterocycles. The van der Waals surface area contributed by atoms with Crippen LogP contribution >= 0.6 is 0 Å². The van der Waals surface area contributed by atoms with E-state index < -0.39 is 65.6 Å². The van der Waals surface area contributed by atoms with E-state index in [1.807, 2.05) is 0 Å². The monoisotopic (exact) mass is 586 g/mol. The first-order chi connectivity index (χ1) is 18.5. The molecule has 4 rings (SSSR count). The van der Waals surface area contributed by atoms with Crippen LogP contribution < -0.4 is 5.32 Å². The summed E-state index contributed by atoms with van der Waals surface area (Å²) in [6, 6.07) is 2.62. The number of hydrogen-bond acceptors (Lipinski definition) is 4. The van der Waals surface area contributed by atoms with Crippen LogP contribution in [-0.2, 0) is 34.5 Å². The van der Waals surface area contributed by atoms with Crippen LogP contribution in [0.2, 0.25) is 0 Å². The van der Waals surface area contributed by atoms with Crippen molar-refractivity contribution in [3.8, 4) is 0 Å². The summed E-state index contributed by atoms with van der Waals surface area (Å²) in [7, 11) is 0. The molecule has 1 amide bonds. The van der Waals surface area contributed by atoms with E-state index in [0.717, 1.165) is 30.2 Å². The predicted molar refractivity (Wildman–Crippen MR) is 126 cm³/mol. The lowest BCUT2D eigenvalue weighted by molar-refractivity contribution is -0.143. The normalized spacial score (nSPS) is 19.8. The molecule has 0 saturated carbocycles. The van der Waals surface area contributed by atoms with E-state index in [2.05, 4.69) is 5.32 Å². The molecule has 0 bridgehead atoms. The van der Waals surface area contributed by atoms with Crippen LogP contribution in [0.3, 0.4) is 0 Å². The van der Waals surface area contributed by atoms with E-state index in [4.69, 9.17) is 9.47 Å². The Morgan fingerprint density at radius 2 is 1.40 bits per heavy atom. The van der Waals surface area contributed by atoms with Crippen LogP contribution in [0.15, 0.2) is 36.4 Å². The lowest BCUT2D eigenvalue weighted by Gasteiger charge is -2.24. The van der Waals surface area contributed by atoms with Crippen molar-refractivity contribution >= 4 is 11.8 Å². The molecular weight excluding hydrogens is 559 g/mol. The van der Waals surface area contributed by atoms with Crippen molar-refractivity contribution in [2.75, 3.05) is 25.1 Å². The molecule has 2 aliphatic heterocycles. The van der Waals surface area contributed by atoms with E-state index >= 15 is 0 Å². The highest BCUT2D eigenvalue weighted by molar-refractivity contribution is 5.71. The summed E-state index contributed by atoms with van der Waals surface area (Å²) in [4.78, 5) is 13.5. The van der Waals surface area contributed by atoms with Crippen molar-refractivity contribution in [1.82, 2.24) is 4.90 Å². The second kappa shape index (κ2) is 12.1. The number of benzene rings is 2. The zero-order chi connectivity index (χ0) is 29.9. The van der Waals surface area contributed by atoms with Crippen LogP contribution in [-0.4, -0.2) is 36.8 Å². The molecule has 2 heterocycles. The first kappa shape index (κ1) is 31.4. The van der Waals surface area contributed by atoms with Crippen molar-refractivity contribution in [2.45, 2.75) is 63.9 Å².